The molecule has 1 N–H and O–H groups in total. The van der Waals surface area contributed by atoms with Crippen molar-refractivity contribution >= 4 is 0 Å². The highest BCUT2D eigenvalue weighted by Gasteiger charge is 2.25. The standard InChI is InChI=1S/C16H14F3N/c1-20-14-8-6-10-9(3-2-4-11(10)14)12-5-7-13(17)16(19)15(12)18/h2-5,7,14,20H,6,8H2,1H3. The van der Waals surface area contributed by atoms with Crippen molar-refractivity contribution in [2.24, 2.45) is 0 Å². The third-order valence-electron chi connectivity index (χ3n) is 3.94. The van der Waals surface area contributed by atoms with E-state index in [2.05, 4.69) is 5.32 Å². The van der Waals surface area contributed by atoms with E-state index in [0.29, 0.717) is 5.56 Å². The number of benzene rings is 2. The minimum Gasteiger partial charge on any atom is -0.313 e. The molecule has 0 saturated carbocycles. The van der Waals surface area contributed by atoms with Crippen molar-refractivity contribution in [2.45, 2.75) is 18.9 Å². The summed E-state index contributed by atoms with van der Waals surface area (Å²) < 4.78 is 40.4. The maximum atomic E-state index is 14.0. The van der Waals surface area contributed by atoms with Crippen molar-refractivity contribution in [2.75, 3.05) is 7.05 Å². The van der Waals surface area contributed by atoms with Gasteiger partial charge in [-0.05, 0) is 48.7 Å². The van der Waals surface area contributed by atoms with Gasteiger partial charge in [-0.25, -0.2) is 13.2 Å². The highest BCUT2D eigenvalue weighted by Crippen LogP contribution is 2.38. The predicted octanol–water partition coefficient (Wildman–Crippen LogP) is 3.98. The molecule has 2 aromatic carbocycles. The minimum absolute atomic E-state index is 0.123. The van der Waals surface area contributed by atoms with Gasteiger partial charge in [0, 0.05) is 11.6 Å². The summed E-state index contributed by atoms with van der Waals surface area (Å²) in [5, 5.41) is 3.21. The molecule has 3 rings (SSSR count). The molecule has 0 fully saturated rings. The van der Waals surface area contributed by atoms with Gasteiger partial charge in [-0.1, -0.05) is 18.2 Å². The van der Waals surface area contributed by atoms with Crippen molar-refractivity contribution in [3.63, 3.8) is 0 Å². The van der Waals surface area contributed by atoms with Crippen LogP contribution >= 0.6 is 0 Å². The molecule has 20 heavy (non-hydrogen) atoms. The molecule has 0 aliphatic heterocycles. The van der Waals surface area contributed by atoms with Crippen LogP contribution in [0.15, 0.2) is 30.3 Å². The first kappa shape index (κ1) is 13.2. The van der Waals surface area contributed by atoms with Crippen molar-refractivity contribution in [3.8, 4) is 11.1 Å². The van der Waals surface area contributed by atoms with Crippen LogP contribution in [0.3, 0.4) is 0 Å². The topological polar surface area (TPSA) is 12.0 Å². The van der Waals surface area contributed by atoms with Crippen molar-refractivity contribution in [3.05, 3.63) is 58.9 Å². The lowest BCUT2D eigenvalue weighted by Crippen LogP contribution is -2.12. The molecule has 4 heteroatoms. The van der Waals surface area contributed by atoms with Gasteiger partial charge in [0.1, 0.15) is 0 Å². The lowest BCUT2D eigenvalue weighted by Gasteiger charge is -2.13. The van der Waals surface area contributed by atoms with Crippen LogP contribution in [0.1, 0.15) is 23.6 Å². The summed E-state index contributed by atoms with van der Waals surface area (Å²) in [6.07, 6.45) is 1.73. The second kappa shape index (κ2) is 4.94. The summed E-state index contributed by atoms with van der Waals surface area (Å²) in [5.41, 5.74) is 2.89. The molecular weight excluding hydrogens is 263 g/mol. The molecule has 104 valence electrons. The maximum Gasteiger partial charge on any atom is 0.195 e. The second-order valence-electron chi connectivity index (χ2n) is 4.98. The van der Waals surface area contributed by atoms with Gasteiger partial charge in [-0.15, -0.1) is 0 Å². The van der Waals surface area contributed by atoms with E-state index in [1.54, 1.807) is 6.07 Å². The molecule has 1 aliphatic rings. The van der Waals surface area contributed by atoms with Gasteiger partial charge < -0.3 is 5.32 Å². The molecule has 1 nitrogen and oxygen atoms in total. The molecule has 1 aliphatic carbocycles. The van der Waals surface area contributed by atoms with E-state index < -0.39 is 17.5 Å². The van der Waals surface area contributed by atoms with E-state index in [0.717, 1.165) is 30.0 Å². The molecule has 1 unspecified atom stereocenters. The summed E-state index contributed by atoms with van der Waals surface area (Å²) in [7, 11) is 1.88. The molecule has 0 spiro atoms. The lowest BCUT2D eigenvalue weighted by atomic mass is 9.96. The van der Waals surface area contributed by atoms with Crippen LogP contribution < -0.4 is 5.32 Å². The van der Waals surface area contributed by atoms with Crippen LogP contribution in [0.5, 0.6) is 0 Å². The van der Waals surface area contributed by atoms with Crippen molar-refractivity contribution in [1.82, 2.24) is 5.32 Å². The first-order valence-electron chi connectivity index (χ1n) is 6.56. The Morgan fingerprint density at radius 2 is 1.80 bits per heavy atom. The third kappa shape index (κ3) is 1.91. The molecular formula is C16H14F3N. The fourth-order valence-corrected chi connectivity index (χ4v) is 2.94. The largest absolute Gasteiger partial charge is 0.313 e. The van der Waals surface area contributed by atoms with E-state index in [1.165, 1.54) is 6.07 Å². The lowest BCUT2D eigenvalue weighted by molar-refractivity contribution is 0.449. The van der Waals surface area contributed by atoms with Crippen LogP contribution in [0, 0.1) is 17.5 Å². The number of halogens is 3. The summed E-state index contributed by atoms with van der Waals surface area (Å²) in [6, 6.07) is 8.08. The zero-order valence-corrected chi connectivity index (χ0v) is 11.0. The van der Waals surface area contributed by atoms with Gasteiger partial charge in [0.2, 0.25) is 0 Å². The first-order chi connectivity index (χ1) is 9.63. The highest BCUT2D eigenvalue weighted by molar-refractivity contribution is 5.70. The average Bonchev–Trinajstić information content (AvgIpc) is 2.88. The highest BCUT2D eigenvalue weighted by atomic mass is 19.2. The maximum absolute atomic E-state index is 14.0. The Balaban J connectivity index is 2.18. The zero-order valence-electron chi connectivity index (χ0n) is 11.0. The smallest absolute Gasteiger partial charge is 0.195 e. The Labute approximate surface area is 115 Å². The quantitative estimate of drug-likeness (QED) is 0.819. The first-order valence-corrected chi connectivity index (χ1v) is 6.56. The van der Waals surface area contributed by atoms with E-state index in [9.17, 15) is 13.2 Å². The number of rotatable bonds is 2. The Kier molecular flexibility index (Phi) is 3.26. The second-order valence-corrected chi connectivity index (χ2v) is 4.98. The van der Waals surface area contributed by atoms with Crippen LogP contribution in [0.25, 0.3) is 11.1 Å². The van der Waals surface area contributed by atoms with Crippen LogP contribution in [-0.4, -0.2) is 7.05 Å². The van der Waals surface area contributed by atoms with Gasteiger partial charge in [-0.3, -0.25) is 0 Å². The summed E-state index contributed by atoms with van der Waals surface area (Å²) in [4.78, 5) is 0. The van der Waals surface area contributed by atoms with Gasteiger partial charge in [-0.2, -0.15) is 0 Å². The van der Waals surface area contributed by atoms with E-state index >= 15 is 0 Å². The number of hydrogen-bond donors (Lipinski definition) is 1. The van der Waals surface area contributed by atoms with Gasteiger partial charge in [0.25, 0.3) is 0 Å². The Bertz CT molecular complexity index is 667. The van der Waals surface area contributed by atoms with Crippen LogP contribution in [-0.2, 0) is 6.42 Å². The monoisotopic (exact) mass is 277 g/mol. The van der Waals surface area contributed by atoms with E-state index in [-0.39, 0.29) is 11.6 Å². The molecule has 0 radical (unpaired) electrons. The molecule has 0 heterocycles. The summed E-state index contributed by atoms with van der Waals surface area (Å²) in [5.74, 6) is -3.69. The number of hydrogen-bond acceptors (Lipinski definition) is 1. The number of nitrogens with one attached hydrogen (secondary N) is 1. The Morgan fingerprint density at radius 3 is 2.55 bits per heavy atom. The molecule has 0 bridgehead atoms. The molecule has 2 aromatic rings. The zero-order chi connectivity index (χ0) is 14.3. The van der Waals surface area contributed by atoms with Crippen molar-refractivity contribution in [1.29, 1.82) is 0 Å². The Morgan fingerprint density at radius 1 is 1.00 bits per heavy atom. The van der Waals surface area contributed by atoms with E-state index in [4.69, 9.17) is 0 Å². The average molecular weight is 277 g/mol. The molecule has 1 atom stereocenters. The summed E-state index contributed by atoms with van der Waals surface area (Å²) in [6.45, 7) is 0. The molecule has 0 saturated heterocycles. The minimum atomic E-state index is -1.41. The SMILES string of the molecule is CNC1CCc2c(-c3ccc(F)c(F)c3F)cccc21. The normalized spacial score (nSPS) is 17.3. The van der Waals surface area contributed by atoms with Crippen LogP contribution in [0.4, 0.5) is 13.2 Å². The summed E-state index contributed by atoms with van der Waals surface area (Å²) >= 11 is 0. The van der Waals surface area contributed by atoms with Crippen molar-refractivity contribution < 1.29 is 13.2 Å². The van der Waals surface area contributed by atoms with Gasteiger partial charge >= 0.3 is 0 Å². The Hall–Kier alpha value is -1.81. The van der Waals surface area contributed by atoms with Crippen LogP contribution in [0.2, 0.25) is 0 Å². The molecule has 0 amide bonds. The number of fused-ring (bicyclic) bond motifs is 1. The fourth-order valence-electron chi connectivity index (χ4n) is 2.94. The third-order valence-corrected chi connectivity index (χ3v) is 3.94. The fraction of sp³-hybridized carbons (Fsp3) is 0.250. The van der Waals surface area contributed by atoms with Gasteiger partial charge in [0.05, 0.1) is 0 Å². The van der Waals surface area contributed by atoms with Gasteiger partial charge in [0.15, 0.2) is 17.5 Å². The molecule has 0 aromatic heterocycles. The predicted molar refractivity (Wildman–Crippen MR) is 71.9 cm³/mol. The van der Waals surface area contributed by atoms with E-state index in [1.807, 2.05) is 19.2 Å².